The molecule has 0 saturated carbocycles. The summed E-state index contributed by atoms with van der Waals surface area (Å²) in [6, 6.07) is 3.04. The fourth-order valence-electron chi connectivity index (χ4n) is 4.54. The summed E-state index contributed by atoms with van der Waals surface area (Å²) in [5.41, 5.74) is 1.18. The molecule has 4 rings (SSSR count). The third-order valence-electron chi connectivity index (χ3n) is 6.43. The molecule has 2 aromatic heterocycles. The fraction of sp³-hybridized carbons (Fsp3) is 0.522. The Balaban J connectivity index is 1.47. The topological polar surface area (TPSA) is 122 Å². The van der Waals surface area contributed by atoms with E-state index in [1.807, 2.05) is 0 Å². The van der Waals surface area contributed by atoms with Crippen LogP contribution in [0.3, 0.4) is 0 Å². The summed E-state index contributed by atoms with van der Waals surface area (Å²) in [6.07, 6.45) is 2.30. The minimum absolute atomic E-state index is 0.135. The number of nitrogens with zero attached hydrogens (tertiary/aromatic N) is 1. The maximum Gasteiger partial charge on any atom is 0.414 e. The van der Waals surface area contributed by atoms with Gasteiger partial charge in [0.25, 0.3) is 15.9 Å². The number of rotatable bonds is 6. The van der Waals surface area contributed by atoms with E-state index in [2.05, 4.69) is 17.6 Å². The van der Waals surface area contributed by atoms with E-state index in [4.69, 9.17) is 16.3 Å². The smallest absolute Gasteiger partial charge is 0.414 e. The van der Waals surface area contributed by atoms with Crippen molar-refractivity contribution in [3.63, 3.8) is 0 Å². The van der Waals surface area contributed by atoms with E-state index in [1.165, 1.54) is 21.7 Å². The minimum atomic E-state index is -3.65. The van der Waals surface area contributed by atoms with Crippen molar-refractivity contribution in [2.24, 2.45) is 11.8 Å². The van der Waals surface area contributed by atoms with Gasteiger partial charge in [0.15, 0.2) is 0 Å². The molecule has 1 aliphatic carbocycles. The Morgan fingerprint density at radius 1 is 1.17 bits per heavy atom. The van der Waals surface area contributed by atoms with E-state index >= 15 is 0 Å². The number of hydrogen-bond donors (Lipinski definition) is 2. The number of halogens is 1. The fourth-order valence-corrected chi connectivity index (χ4v) is 9.06. The van der Waals surface area contributed by atoms with E-state index in [-0.39, 0.29) is 29.8 Å². The van der Waals surface area contributed by atoms with Gasteiger partial charge < -0.3 is 10.1 Å². The Morgan fingerprint density at radius 3 is 2.53 bits per heavy atom. The monoisotopic (exact) mass is 573 g/mol. The molecule has 0 aromatic carbocycles. The van der Waals surface area contributed by atoms with Crippen molar-refractivity contribution < 1.29 is 27.5 Å². The maximum absolute atomic E-state index is 13.2. The Labute approximate surface area is 223 Å². The molecule has 36 heavy (non-hydrogen) atoms. The number of hydrogen-bond acceptors (Lipinski definition) is 8. The molecule has 196 valence electrons. The molecule has 3 heterocycles. The molecule has 0 spiro atoms. The van der Waals surface area contributed by atoms with Gasteiger partial charge in [-0.25, -0.2) is 13.2 Å². The van der Waals surface area contributed by atoms with Crippen LogP contribution in [-0.2, 0) is 32.4 Å². The van der Waals surface area contributed by atoms with Crippen molar-refractivity contribution in [1.82, 2.24) is 9.62 Å². The second-order valence-corrected chi connectivity index (χ2v) is 13.9. The van der Waals surface area contributed by atoms with Crippen LogP contribution in [0.2, 0.25) is 4.34 Å². The zero-order chi connectivity index (χ0) is 26.0. The second kappa shape index (κ2) is 11.2. The average molecular weight is 574 g/mol. The normalized spacial score (nSPS) is 18.9. The van der Waals surface area contributed by atoms with Crippen LogP contribution in [0.5, 0.6) is 0 Å². The van der Waals surface area contributed by atoms with Gasteiger partial charge in [-0.15, -0.1) is 22.7 Å². The van der Waals surface area contributed by atoms with Crippen LogP contribution in [-0.4, -0.2) is 50.3 Å². The first-order valence-corrected chi connectivity index (χ1v) is 15.2. The number of anilines is 1. The van der Waals surface area contributed by atoms with Crippen molar-refractivity contribution in [2.75, 3.05) is 25.0 Å². The lowest BCUT2D eigenvalue weighted by Gasteiger charge is -2.30. The Morgan fingerprint density at radius 2 is 1.89 bits per heavy atom. The first-order valence-electron chi connectivity index (χ1n) is 11.8. The van der Waals surface area contributed by atoms with Gasteiger partial charge in [0.1, 0.15) is 9.21 Å². The van der Waals surface area contributed by atoms with Gasteiger partial charge in [-0.3, -0.25) is 14.9 Å². The predicted octanol–water partition coefficient (Wildman–Crippen LogP) is 4.51. The van der Waals surface area contributed by atoms with Gasteiger partial charge in [-0.05, 0) is 62.6 Å². The van der Waals surface area contributed by atoms with Crippen LogP contribution in [0.1, 0.15) is 53.9 Å². The molecule has 0 radical (unpaired) electrons. The summed E-state index contributed by atoms with van der Waals surface area (Å²) in [5, 5.41) is 5.58. The number of sulfonamides is 1. The van der Waals surface area contributed by atoms with Crippen molar-refractivity contribution in [3.05, 3.63) is 32.5 Å². The first kappa shape index (κ1) is 27.1. The SMILES string of the molecule is CCOC(=O)NC(=O)c1c(NC(=O)C2CCN(S(=O)(=O)c3ccc(Cl)s3)CC2)sc2c1CCC(C)C2. The first-order chi connectivity index (χ1) is 17.1. The molecular formula is C23H28ClN3O6S3. The largest absolute Gasteiger partial charge is 0.450 e. The van der Waals surface area contributed by atoms with Gasteiger partial charge in [0.2, 0.25) is 5.91 Å². The highest BCUT2D eigenvalue weighted by Gasteiger charge is 2.35. The van der Waals surface area contributed by atoms with Crippen molar-refractivity contribution >= 4 is 67.2 Å². The lowest BCUT2D eigenvalue weighted by atomic mass is 9.88. The van der Waals surface area contributed by atoms with Crippen molar-refractivity contribution in [2.45, 2.75) is 50.2 Å². The van der Waals surface area contributed by atoms with Crippen molar-refractivity contribution in [3.8, 4) is 0 Å². The quantitative estimate of drug-likeness (QED) is 0.524. The lowest BCUT2D eigenvalue weighted by Crippen LogP contribution is -2.41. The molecule has 1 saturated heterocycles. The molecule has 1 fully saturated rings. The number of imide groups is 1. The van der Waals surface area contributed by atoms with E-state index in [1.54, 1.807) is 13.0 Å². The van der Waals surface area contributed by atoms with E-state index in [9.17, 15) is 22.8 Å². The third-order valence-corrected chi connectivity index (χ3v) is 11.2. The summed E-state index contributed by atoms with van der Waals surface area (Å²) in [6.45, 7) is 4.35. The summed E-state index contributed by atoms with van der Waals surface area (Å²) in [7, 11) is -3.65. The minimum Gasteiger partial charge on any atom is -0.450 e. The lowest BCUT2D eigenvalue weighted by molar-refractivity contribution is -0.120. The number of nitrogens with one attached hydrogen (secondary N) is 2. The number of carbonyl (C=O) groups is 3. The van der Waals surface area contributed by atoms with E-state index in [0.717, 1.165) is 34.6 Å². The van der Waals surface area contributed by atoms with Gasteiger partial charge in [-0.2, -0.15) is 4.31 Å². The summed E-state index contributed by atoms with van der Waals surface area (Å²) >= 11 is 8.28. The number of ether oxygens (including phenoxy) is 1. The van der Waals surface area contributed by atoms with Crippen LogP contribution in [0.25, 0.3) is 0 Å². The van der Waals surface area contributed by atoms with Crippen LogP contribution >= 0.6 is 34.3 Å². The zero-order valence-corrected chi connectivity index (χ0v) is 23.2. The third kappa shape index (κ3) is 5.77. The molecule has 1 aliphatic heterocycles. The molecule has 1 atom stereocenters. The Bertz CT molecular complexity index is 1260. The molecule has 2 aliphatic rings. The van der Waals surface area contributed by atoms with Crippen molar-refractivity contribution in [1.29, 1.82) is 0 Å². The van der Waals surface area contributed by atoms with E-state index in [0.29, 0.717) is 40.1 Å². The predicted molar refractivity (Wildman–Crippen MR) is 139 cm³/mol. The van der Waals surface area contributed by atoms with Gasteiger partial charge in [0, 0.05) is 23.9 Å². The summed E-state index contributed by atoms with van der Waals surface area (Å²) < 4.78 is 32.5. The molecule has 2 aromatic rings. The average Bonchev–Trinajstić information content (AvgIpc) is 3.42. The molecule has 0 bridgehead atoms. The number of amides is 3. The maximum atomic E-state index is 13.2. The summed E-state index contributed by atoms with van der Waals surface area (Å²) in [5.74, 6) is -0.790. The standard InChI is InChI=1S/C23H28ClN3O6S3/c1-3-33-23(30)26-21(29)19-15-5-4-13(2)12-16(15)34-22(19)25-20(28)14-8-10-27(11-9-14)36(31,32)18-7-6-17(24)35-18/h6-7,13-14H,3-5,8-12H2,1-2H3,(H,25,28)(H,26,29,30). The molecule has 9 nitrogen and oxygen atoms in total. The van der Waals surface area contributed by atoms with Gasteiger partial charge in [0.05, 0.1) is 16.5 Å². The number of carbonyl (C=O) groups excluding carboxylic acids is 3. The number of fused-ring (bicyclic) bond motifs is 1. The van der Waals surface area contributed by atoms with Gasteiger partial charge >= 0.3 is 6.09 Å². The highest BCUT2D eigenvalue weighted by Crippen LogP contribution is 2.40. The highest BCUT2D eigenvalue weighted by atomic mass is 35.5. The number of piperidine rings is 1. The molecule has 13 heteroatoms. The van der Waals surface area contributed by atoms with Crippen LogP contribution in [0.4, 0.5) is 9.80 Å². The van der Waals surface area contributed by atoms with Crippen LogP contribution in [0, 0.1) is 11.8 Å². The molecule has 3 amide bonds. The number of alkyl carbamates (subject to hydrolysis) is 1. The van der Waals surface area contributed by atoms with Crippen LogP contribution in [0.15, 0.2) is 16.3 Å². The molecule has 1 unspecified atom stereocenters. The Hall–Kier alpha value is -1.99. The second-order valence-electron chi connectivity index (χ2n) is 8.96. The van der Waals surface area contributed by atoms with E-state index < -0.39 is 27.9 Å². The zero-order valence-electron chi connectivity index (χ0n) is 20.0. The van der Waals surface area contributed by atoms with Gasteiger partial charge in [-0.1, -0.05) is 18.5 Å². The Kier molecular flexibility index (Phi) is 8.40. The summed E-state index contributed by atoms with van der Waals surface area (Å²) in [4.78, 5) is 39.0. The van der Waals surface area contributed by atoms with Crippen LogP contribution < -0.4 is 10.6 Å². The number of thiophene rings is 2. The highest BCUT2D eigenvalue weighted by molar-refractivity contribution is 7.91. The molecule has 2 N–H and O–H groups in total. The molecular weight excluding hydrogens is 546 g/mol.